The number of hydrogen-bond donors (Lipinski definition) is 0. The first-order valence-corrected chi connectivity index (χ1v) is 45.2. The first-order valence-electron chi connectivity index (χ1n) is 45.2. The molecule has 0 fully saturated rings. The zero-order valence-corrected chi connectivity index (χ0v) is 72.8. The van der Waals surface area contributed by atoms with E-state index in [0.29, 0.717) is 58.9 Å². The Morgan fingerprint density at radius 1 is 0.167 bits per heavy atom. The van der Waals surface area contributed by atoms with E-state index in [4.69, 9.17) is 84.7 Å². The summed E-state index contributed by atoms with van der Waals surface area (Å²) in [7, 11) is 0. The molecular weight excluding hydrogens is 1710 g/mol. The van der Waals surface area contributed by atoms with Gasteiger partial charge in [0.25, 0.3) is 0 Å². The van der Waals surface area contributed by atoms with Crippen molar-refractivity contribution in [2.45, 2.75) is 0 Å². The molecule has 0 aliphatic rings. The number of pyridine rings is 9. The summed E-state index contributed by atoms with van der Waals surface area (Å²) in [6, 6.07) is 118. The van der Waals surface area contributed by atoms with E-state index in [2.05, 4.69) is 211 Å². The Morgan fingerprint density at radius 3 is 0.841 bits per heavy atom. The molecule has 0 aliphatic heterocycles. The molecule has 138 heavy (non-hydrogen) atoms. The van der Waals surface area contributed by atoms with Crippen LogP contribution < -0.4 is 0 Å². The summed E-state index contributed by atoms with van der Waals surface area (Å²) in [4.78, 5) is 89.8. The van der Waals surface area contributed by atoms with Gasteiger partial charge in [-0.15, -0.1) is 0 Å². The second-order valence-corrected chi connectivity index (χ2v) is 33.8. The topological polar surface area (TPSA) is 262 Å². The van der Waals surface area contributed by atoms with E-state index >= 15 is 0 Å². The molecule has 0 spiro atoms. The summed E-state index contributed by atoms with van der Waals surface area (Å²) < 4.78 is 12.1. The third-order valence-electron chi connectivity index (χ3n) is 26.2. The van der Waals surface area contributed by atoms with Crippen LogP contribution in [0.4, 0.5) is 0 Å². The predicted octanol–water partition coefficient (Wildman–Crippen LogP) is 24.7. The minimum absolute atomic E-state index is 0.451. The molecule has 0 radical (unpaired) electrons. The van der Waals surface area contributed by atoms with E-state index in [1.165, 1.54) is 0 Å². The van der Waals surface area contributed by atoms with Crippen LogP contribution in [0.3, 0.4) is 0 Å². The number of hydrogen-bond acceptors (Lipinski definition) is 18. The molecule has 30 rings (SSSR count). The van der Waals surface area contributed by atoms with Crippen molar-refractivity contribution >= 4 is 197 Å². The number of para-hydroxylation sites is 6. The standard InChI is InChI=1S/3C38H22N8/c1-2-10-25-23(9-1)17-18-24-19-20-30(41-33(24)25)34-42-37(45-31-15-5-3-11-26(31)28-13-7-21-39-35(28)45)44-38(43-34)46-32-16-6-4-12-27(32)29-14-8-22-40-36(29)46;1-2-10-26-23(9-1)17-18-24-21-25(22-41-33(24)26)34-42-37(45-31-15-5-3-11-27(31)29-13-7-19-39-35(29)45)44-38(43-34)46-32-16-6-4-12-28(32)30-14-8-20-40-36(30)46;1-2-10-24-23(9-1)17-18-25-30(24)21-39-22-31(25)34-42-37(45-32-15-5-3-11-26(32)28-13-7-19-40-35(28)45)44-38(43-34)46-33-16-6-4-12-27(33)29-14-8-20-41-36(29)46/h3*1-22H. The lowest BCUT2D eigenvalue weighted by molar-refractivity contribution is 0.881. The van der Waals surface area contributed by atoms with Crippen LogP contribution in [0.25, 0.3) is 266 Å². The molecule has 0 atom stereocenters. The smallest absolute Gasteiger partial charge is 0.241 e. The van der Waals surface area contributed by atoms with Crippen molar-refractivity contribution in [1.29, 1.82) is 0 Å². The van der Waals surface area contributed by atoms with Crippen LogP contribution in [0.1, 0.15) is 0 Å². The summed E-state index contributed by atoms with van der Waals surface area (Å²) in [6.45, 7) is 0. The van der Waals surface area contributed by atoms with Crippen LogP contribution in [-0.4, -0.2) is 117 Å². The Kier molecular flexibility index (Phi) is 17.3. The van der Waals surface area contributed by atoms with E-state index in [9.17, 15) is 0 Å². The van der Waals surface area contributed by atoms with E-state index in [1.807, 2.05) is 186 Å². The Hall–Kier alpha value is -19.6. The van der Waals surface area contributed by atoms with Crippen LogP contribution in [0, 0.1) is 0 Å². The van der Waals surface area contributed by atoms with Crippen LogP contribution in [0.5, 0.6) is 0 Å². The van der Waals surface area contributed by atoms with Gasteiger partial charge in [-0.25, -0.2) is 34.9 Å². The fraction of sp³-hybridized carbons (Fsp3) is 0. The maximum absolute atomic E-state index is 5.18. The minimum atomic E-state index is 0.451. The fourth-order valence-electron chi connectivity index (χ4n) is 20.1. The van der Waals surface area contributed by atoms with Gasteiger partial charge in [0, 0.05) is 158 Å². The van der Waals surface area contributed by atoms with Crippen LogP contribution in [0.15, 0.2) is 402 Å². The van der Waals surface area contributed by atoms with Gasteiger partial charge in [-0.05, 0) is 148 Å². The van der Waals surface area contributed by atoms with E-state index in [-0.39, 0.29) is 0 Å². The summed E-state index contributed by atoms with van der Waals surface area (Å²) in [5.74, 6) is 4.23. The zero-order chi connectivity index (χ0) is 90.6. The largest absolute Gasteiger partial charge is 0.263 e. The molecule has 0 unspecified atom stereocenters. The summed E-state index contributed by atoms with van der Waals surface area (Å²) >= 11 is 0. The molecule has 24 nitrogen and oxygen atoms in total. The van der Waals surface area contributed by atoms with E-state index in [0.717, 1.165) is 208 Å². The molecule has 0 N–H and O–H groups in total. The van der Waals surface area contributed by atoms with Crippen LogP contribution in [-0.2, 0) is 0 Å². The molecule has 0 saturated heterocycles. The van der Waals surface area contributed by atoms with Gasteiger partial charge in [-0.3, -0.25) is 37.4 Å². The highest BCUT2D eigenvalue weighted by molar-refractivity contribution is 6.16. The van der Waals surface area contributed by atoms with Gasteiger partial charge in [-0.2, -0.15) is 44.9 Å². The van der Waals surface area contributed by atoms with Crippen molar-refractivity contribution in [3.63, 3.8) is 0 Å². The van der Waals surface area contributed by atoms with Crippen molar-refractivity contribution < 1.29 is 0 Å². The molecule has 12 aromatic carbocycles. The Labute approximate surface area is 780 Å². The summed E-state index contributed by atoms with van der Waals surface area (Å²) in [5, 5.41) is 23.5. The van der Waals surface area contributed by atoms with Gasteiger partial charge in [-0.1, -0.05) is 224 Å². The van der Waals surface area contributed by atoms with Crippen molar-refractivity contribution in [2.75, 3.05) is 0 Å². The molecule has 18 aromatic heterocycles. The van der Waals surface area contributed by atoms with E-state index < -0.39 is 0 Å². The molecule has 0 amide bonds. The Bertz CT molecular complexity index is 9590. The number of aromatic nitrogens is 24. The molecule has 24 heteroatoms. The highest BCUT2D eigenvalue weighted by Gasteiger charge is 2.28. The predicted molar refractivity (Wildman–Crippen MR) is 547 cm³/mol. The molecule has 30 aromatic rings. The van der Waals surface area contributed by atoms with Crippen molar-refractivity contribution in [1.82, 2.24) is 117 Å². The quantitative estimate of drug-likeness (QED) is 0.122. The summed E-state index contributed by atoms with van der Waals surface area (Å²) in [5.41, 5.74) is 14.5. The number of nitrogens with zero attached hydrogens (tertiary/aromatic N) is 24. The monoisotopic (exact) mass is 1770 g/mol. The maximum atomic E-state index is 5.18. The molecular formula is C114H66N24. The van der Waals surface area contributed by atoms with Gasteiger partial charge in [0.05, 0.1) is 44.1 Å². The van der Waals surface area contributed by atoms with Gasteiger partial charge in [0.1, 0.15) is 39.6 Å². The minimum Gasteiger partial charge on any atom is -0.263 e. The molecule has 642 valence electrons. The number of fused-ring (bicyclic) bond motifs is 27. The molecule has 18 heterocycles. The van der Waals surface area contributed by atoms with Gasteiger partial charge in [0.2, 0.25) is 35.7 Å². The van der Waals surface area contributed by atoms with Crippen LogP contribution in [0.2, 0.25) is 0 Å². The lowest BCUT2D eigenvalue weighted by atomic mass is 10.0. The van der Waals surface area contributed by atoms with Gasteiger partial charge >= 0.3 is 0 Å². The number of rotatable bonds is 9. The van der Waals surface area contributed by atoms with Crippen molar-refractivity contribution in [3.8, 4) is 70.0 Å². The third kappa shape index (κ3) is 12.2. The first kappa shape index (κ1) is 77.2. The first-order chi connectivity index (χ1) is 68.5. The maximum Gasteiger partial charge on any atom is 0.241 e. The molecule has 0 aliphatic carbocycles. The third-order valence-corrected chi connectivity index (χ3v) is 26.2. The highest BCUT2D eigenvalue weighted by atomic mass is 15.3. The molecule has 0 saturated carbocycles. The van der Waals surface area contributed by atoms with Crippen molar-refractivity contribution in [3.05, 3.63) is 402 Å². The average Bonchev–Trinajstić information content (AvgIpc) is 1.63. The van der Waals surface area contributed by atoms with Gasteiger partial charge in [0.15, 0.2) is 17.5 Å². The van der Waals surface area contributed by atoms with Crippen LogP contribution >= 0.6 is 0 Å². The van der Waals surface area contributed by atoms with E-state index in [1.54, 1.807) is 37.2 Å². The van der Waals surface area contributed by atoms with Crippen molar-refractivity contribution in [2.24, 2.45) is 0 Å². The second kappa shape index (κ2) is 31.0. The Balaban J connectivity index is 0.000000102. The molecule has 0 bridgehead atoms. The van der Waals surface area contributed by atoms with Gasteiger partial charge < -0.3 is 0 Å². The normalized spacial score (nSPS) is 11.9. The lowest BCUT2D eigenvalue weighted by Crippen LogP contribution is -2.11. The summed E-state index contributed by atoms with van der Waals surface area (Å²) in [6.07, 6.45) is 16.4. The zero-order valence-electron chi connectivity index (χ0n) is 72.8. The second-order valence-electron chi connectivity index (χ2n) is 33.8. The number of benzene rings is 12. The average molecular weight is 1770 g/mol. The lowest BCUT2D eigenvalue weighted by Gasteiger charge is -2.13. The Morgan fingerprint density at radius 2 is 0.457 bits per heavy atom. The fourth-order valence-corrected chi connectivity index (χ4v) is 20.1. The SMILES string of the molecule is c1ccc2c(c1)ccc1c(-c3nc(-n4c5ccccc5c5cccnc54)nc(-n4c5ccccc5c5cccnc54)n3)cncc12.c1ccc2c(c1)ccc1cc(-c3nc(-n4c5ccccc5c5cccnc54)nc(-n4c5ccccc5c5cccnc54)n3)cnc12.c1ccc2c(c1)ccc1ccc(-c3nc(-n4c5ccccc5c5cccnc54)nc(-n4c5ccccc5c5cccnc54)n3)nc12. The highest BCUT2D eigenvalue weighted by Crippen LogP contribution is 2.42.